The Labute approximate surface area is 517 Å². The van der Waals surface area contributed by atoms with Crippen molar-refractivity contribution in [1.82, 2.24) is 0 Å². The van der Waals surface area contributed by atoms with E-state index in [2.05, 4.69) is 41.5 Å². The molecule has 0 heterocycles. The molecule has 85 heavy (non-hydrogen) atoms. The van der Waals surface area contributed by atoms with Gasteiger partial charge in [-0.05, 0) is 37.5 Å². The van der Waals surface area contributed by atoms with Gasteiger partial charge in [-0.3, -0.25) is 37.3 Å². The summed E-state index contributed by atoms with van der Waals surface area (Å²) in [6, 6.07) is 0. The van der Waals surface area contributed by atoms with E-state index in [9.17, 15) is 43.2 Å². The molecule has 0 saturated carbocycles. The fourth-order valence-corrected chi connectivity index (χ4v) is 11.5. The van der Waals surface area contributed by atoms with Gasteiger partial charge in [0.1, 0.15) is 19.3 Å². The summed E-state index contributed by atoms with van der Waals surface area (Å²) in [6.07, 6.45) is 41.9. The third-order valence-electron chi connectivity index (χ3n) is 15.2. The van der Waals surface area contributed by atoms with Crippen LogP contribution in [0.1, 0.15) is 330 Å². The monoisotopic (exact) mass is 1250 g/mol. The fraction of sp³-hybridized carbons (Fsp3) is 0.939. The van der Waals surface area contributed by atoms with Crippen LogP contribution < -0.4 is 0 Å². The minimum absolute atomic E-state index is 0.105. The normalized spacial score (nSPS) is 14.2. The summed E-state index contributed by atoms with van der Waals surface area (Å²) in [5.41, 5.74) is 0. The molecular formula is C66H128O17P2. The Bertz CT molecular complexity index is 1670. The molecule has 0 bridgehead atoms. The summed E-state index contributed by atoms with van der Waals surface area (Å²) in [5.74, 6) is -0.653. The molecule has 0 aliphatic rings. The van der Waals surface area contributed by atoms with E-state index in [1.807, 2.05) is 0 Å². The van der Waals surface area contributed by atoms with Gasteiger partial charge in [0.2, 0.25) is 0 Å². The predicted molar refractivity (Wildman–Crippen MR) is 340 cm³/mol. The maximum atomic E-state index is 13.0. The Kier molecular flexibility index (Phi) is 57.1. The number of carbonyl (C=O) groups excluding carboxylic acids is 4. The second-order valence-corrected chi connectivity index (χ2v) is 27.7. The highest BCUT2D eigenvalue weighted by Crippen LogP contribution is 2.45. The van der Waals surface area contributed by atoms with Gasteiger partial charge >= 0.3 is 39.5 Å². The highest BCUT2D eigenvalue weighted by atomic mass is 31.2. The SMILES string of the molecule is CCCCCCCCCCCC(=O)OC[C@H](COP(=O)(O)OC[C@H](O)COP(=O)(O)OC[C@@H](COC(=O)CCCCCCCCC(C)C)OC(=O)CCCCCCCCCCCCCCCCCC(C)C)OC(=O)CCCCCCCCCCC. The molecular weight excluding hydrogens is 1130 g/mol. The molecule has 0 saturated heterocycles. The van der Waals surface area contributed by atoms with E-state index < -0.39 is 97.5 Å². The zero-order valence-electron chi connectivity index (χ0n) is 54.9. The Hall–Kier alpha value is -1.94. The quantitative estimate of drug-likeness (QED) is 0.0222. The van der Waals surface area contributed by atoms with Crippen molar-refractivity contribution in [1.29, 1.82) is 0 Å². The van der Waals surface area contributed by atoms with Crippen LogP contribution in [0, 0.1) is 11.8 Å². The van der Waals surface area contributed by atoms with Crippen LogP contribution >= 0.6 is 15.6 Å². The predicted octanol–water partition coefficient (Wildman–Crippen LogP) is 18.4. The van der Waals surface area contributed by atoms with E-state index in [0.29, 0.717) is 31.6 Å². The lowest BCUT2D eigenvalue weighted by Gasteiger charge is -2.21. The smallest absolute Gasteiger partial charge is 0.462 e. The lowest BCUT2D eigenvalue weighted by atomic mass is 10.0. The molecule has 0 aromatic heterocycles. The third kappa shape index (κ3) is 60.7. The van der Waals surface area contributed by atoms with Crippen molar-refractivity contribution >= 4 is 39.5 Å². The first kappa shape index (κ1) is 83.1. The van der Waals surface area contributed by atoms with Crippen LogP contribution in [0.5, 0.6) is 0 Å². The molecule has 0 aromatic rings. The van der Waals surface area contributed by atoms with Gasteiger partial charge < -0.3 is 33.8 Å². The van der Waals surface area contributed by atoms with Crippen molar-refractivity contribution in [2.45, 2.75) is 349 Å². The highest BCUT2D eigenvalue weighted by molar-refractivity contribution is 7.47. The van der Waals surface area contributed by atoms with E-state index in [4.69, 9.17) is 37.0 Å². The van der Waals surface area contributed by atoms with Gasteiger partial charge in [-0.25, -0.2) is 9.13 Å². The van der Waals surface area contributed by atoms with Crippen LogP contribution in [0.15, 0.2) is 0 Å². The molecule has 0 aromatic carbocycles. The van der Waals surface area contributed by atoms with Crippen LogP contribution in [0.3, 0.4) is 0 Å². The van der Waals surface area contributed by atoms with Gasteiger partial charge in [-0.1, -0.05) is 279 Å². The topological polar surface area (TPSA) is 237 Å². The average Bonchev–Trinajstić information content (AvgIpc) is 3.54. The van der Waals surface area contributed by atoms with Gasteiger partial charge in [0.05, 0.1) is 26.4 Å². The Morgan fingerprint density at radius 2 is 0.541 bits per heavy atom. The largest absolute Gasteiger partial charge is 0.472 e. The molecule has 17 nitrogen and oxygen atoms in total. The van der Waals surface area contributed by atoms with Crippen LogP contribution in [0.2, 0.25) is 0 Å². The number of hydrogen-bond donors (Lipinski definition) is 3. The van der Waals surface area contributed by atoms with E-state index in [1.54, 1.807) is 0 Å². The molecule has 0 aliphatic heterocycles. The van der Waals surface area contributed by atoms with Crippen molar-refractivity contribution in [3.8, 4) is 0 Å². The second kappa shape index (κ2) is 58.4. The summed E-state index contributed by atoms with van der Waals surface area (Å²) < 4.78 is 68.0. The summed E-state index contributed by atoms with van der Waals surface area (Å²) in [5, 5.41) is 10.5. The first-order chi connectivity index (χ1) is 40.9. The van der Waals surface area contributed by atoms with Crippen LogP contribution in [-0.4, -0.2) is 96.7 Å². The first-order valence-electron chi connectivity index (χ1n) is 34.5. The average molecular weight is 1260 g/mol. The number of ether oxygens (including phenoxy) is 4. The summed E-state index contributed by atoms with van der Waals surface area (Å²) in [4.78, 5) is 72.2. The number of unbranched alkanes of at least 4 members (excludes halogenated alkanes) is 35. The lowest BCUT2D eigenvalue weighted by Crippen LogP contribution is -2.30. The summed E-state index contributed by atoms with van der Waals surface area (Å²) >= 11 is 0. The molecule has 0 amide bonds. The van der Waals surface area contributed by atoms with E-state index in [1.165, 1.54) is 141 Å². The molecule has 5 atom stereocenters. The fourth-order valence-electron chi connectivity index (χ4n) is 9.88. The molecule has 19 heteroatoms. The van der Waals surface area contributed by atoms with Crippen LogP contribution in [0.4, 0.5) is 0 Å². The maximum absolute atomic E-state index is 13.0. The molecule has 3 N–H and O–H groups in total. The molecule has 0 spiro atoms. The van der Waals surface area contributed by atoms with Gasteiger partial charge in [-0.15, -0.1) is 0 Å². The van der Waals surface area contributed by atoms with Crippen molar-refractivity contribution in [3.63, 3.8) is 0 Å². The number of carbonyl (C=O) groups is 4. The first-order valence-corrected chi connectivity index (χ1v) is 37.5. The number of aliphatic hydroxyl groups is 1. The minimum atomic E-state index is -4.95. The summed E-state index contributed by atoms with van der Waals surface area (Å²) in [6.45, 7) is 9.43. The third-order valence-corrected chi connectivity index (χ3v) is 17.1. The molecule has 0 fully saturated rings. The number of rotatable bonds is 65. The van der Waals surface area contributed by atoms with Crippen LogP contribution in [-0.2, 0) is 65.4 Å². The van der Waals surface area contributed by atoms with Gasteiger partial charge in [0.15, 0.2) is 12.2 Å². The molecule has 2 unspecified atom stereocenters. The van der Waals surface area contributed by atoms with Gasteiger partial charge in [-0.2, -0.15) is 0 Å². The number of aliphatic hydroxyl groups excluding tert-OH is 1. The molecule has 0 radical (unpaired) electrons. The number of phosphoric acid groups is 2. The Morgan fingerprint density at radius 1 is 0.318 bits per heavy atom. The lowest BCUT2D eigenvalue weighted by molar-refractivity contribution is -0.161. The Balaban J connectivity index is 5.16. The zero-order chi connectivity index (χ0) is 62.9. The maximum Gasteiger partial charge on any atom is 0.472 e. The molecule has 504 valence electrons. The van der Waals surface area contributed by atoms with Crippen molar-refractivity contribution in [3.05, 3.63) is 0 Å². The molecule has 0 rings (SSSR count). The van der Waals surface area contributed by atoms with Gasteiger partial charge in [0.25, 0.3) is 0 Å². The number of hydrogen-bond acceptors (Lipinski definition) is 15. The zero-order valence-corrected chi connectivity index (χ0v) is 56.7. The van der Waals surface area contributed by atoms with E-state index >= 15 is 0 Å². The van der Waals surface area contributed by atoms with E-state index in [-0.39, 0.29) is 25.7 Å². The van der Waals surface area contributed by atoms with Gasteiger partial charge in [0, 0.05) is 25.7 Å². The van der Waals surface area contributed by atoms with E-state index in [0.717, 1.165) is 102 Å². The standard InChI is InChI=1S/C66H128O17P2/c1-7-9-11-13-15-24-29-36-42-48-63(68)76-54-61(82-65(70)50-44-38-30-25-16-14-12-10-8-2)56-80-84(72,73)78-52-60(67)53-79-85(74,75)81-57-62(55-77-64(69)49-43-37-33-32-35-41-47-59(5)6)83-66(71)51-45-39-31-27-23-21-19-17-18-20-22-26-28-34-40-46-58(3)4/h58-62,67H,7-57H2,1-6H3,(H,72,73)(H,74,75)/t60-,61+,62+/m0/s1. The second-order valence-electron chi connectivity index (χ2n) is 24.8. The minimum Gasteiger partial charge on any atom is -0.462 e. The molecule has 0 aliphatic carbocycles. The van der Waals surface area contributed by atoms with Crippen LogP contribution in [0.25, 0.3) is 0 Å². The van der Waals surface area contributed by atoms with Crippen molar-refractivity contribution in [2.24, 2.45) is 11.8 Å². The number of esters is 4. The van der Waals surface area contributed by atoms with Crippen molar-refractivity contribution < 1.29 is 80.2 Å². The van der Waals surface area contributed by atoms with Crippen molar-refractivity contribution in [2.75, 3.05) is 39.6 Å². The Morgan fingerprint density at radius 3 is 0.800 bits per heavy atom. The summed E-state index contributed by atoms with van der Waals surface area (Å²) in [7, 11) is -9.88. The highest BCUT2D eigenvalue weighted by Gasteiger charge is 2.30. The number of phosphoric ester groups is 2.